The minimum atomic E-state index is -0.301. The lowest BCUT2D eigenvalue weighted by atomic mass is 9.47. The Morgan fingerprint density at radius 3 is 2.33 bits per heavy atom. The fourth-order valence-corrected chi connectivity index (χ4v) is 7.98. The van der Waals surface area contributed by atoms with E-state index in [0.717, 1.165) is 43.3 Å². The molecule has 1 saturated heterocycles. The van der Waals surface area contributed by atoms with Crippen molar-refractivity contribution in [2.45, 2.75) is 91.8 Å². The van der Waals surface area contributed by atoms with Crippen LogP contribution in [0.3, 0.4) is 0 Å². The van der Waals surface area contributed by atoms with Gasteiger partial charge in [-0.2, -0.15) is 0 Å². The van der Waals surface area contributed by atoms with Gasteiger partial charge in [-0.3, -0.25) is 0 Å². The molecular weight excluding hydrogens is 332 g/mol. The van der Waals surface area contributed by atoms with Crippen molar-refractivity contribution in [3.05, 3.63) is 11.6 Å². The summed E-state index contributed by atoms with van der Waals surface area (Å²) in [5.74, 6) is 3.08. The van der Waals surface area contributed by atoms with Crippen LogP contribution in [0.4, 0.5) is 0 Å². The van der Waals surface area contributed by atoms with Crippen LogP contribution < -0.4 is 0 Å². The van der Waals surface area contributed by atoms with Gasteiger partial charge in [-0.05, 0) is 74.0 Å². The van der Waals surface area contributed by atoms with E-state index in [1.165, 1.54) is 44.9 Å². The number of allylic oxidation sites excluding steroid dienone is 2. The second-order valence-corrected chi connectivity index (χ2v) is 12.1. The molecule has 0 bridgehead atoms. The molecule has 0 radical (unpaired) electrons. The number of hydrogen-bond acceptors (Lipinski definition) is 2. The van der Waals surface area contributed by atoms with Crippen molar-refractivity contribution in [2.24, 2.45) is 39.9 Å². The Kier molecular flexibility index (Phi) is 4.04. The van der Waals surface area contributed by atoms with E-state index in [2.05, 4.69) is 40.7 Å². The third-order valence-electron chi connectivity index (χ3n) is 9.79. The average molecular weight is 373 g/mol. The zero-order valence-electron chi connectivity index (χ0n) is 18.3. The zero-order valence-corrected chi connectivity index (χ0v) is 18.3. The lowest BCUT2D eigenvalue weighted by molar-refractivity contribution is -0.346. The first kappa shape index (κ1) is 18.7. The topological polar surface area (TPSA) is 18.5 Å². The molecule has 1 aliphatic heterocycles. The van der Waals surface area contributed by atoms with E-state index in [0.29, 0.717) is 5.41 Å². The van der Waals surface area contributed by atoms with Gasteiger partial charge in [-0.15, -0.1) is 0 Å². The van der Waals surface area contributed by atoms with Crippen molar-refractivity contribution in [2.75, 3.05) is 13.2 Å². The van der Waals surface area contributed by atoms with Gasteiger partial charge in [-0.1, -0.05) is 46.3 Å². The number of ether oxygens (including phenoxy) is 2. The monoisotopic (exact) mass is 372 g/mol. The Labute approximate surface area is 166 Å². The van der Waals surface area contributed by atoms with Gasteiger partial charge in [0.15, 0.2) is 5.79 Å². The first-order chi connectivity index (χ1) is 12.7. The molecule has 6 atom stereocenters. The van der Waals surface area contributed by atoms with Crippen LogP contribution in [0.25, 0.3) is 0 Å². The minimum Gasteiger partial charge on any atom is -0.349 e. The molecular formula is C25H40O2. The average Bonchev–Trinajstić information content (AvgIpc) is 2.91. The van der Waals surface area contributed by atoms with Crippen molar-refractivity contribution in [3.8, 4) is 0 Å². The van der Waals surface area contributed by atoms with E-state index in [9.17, 15) is 0 Å². The van der Waals surface area contributed by atoms with Crippen LogP contribution in [0.5, 0.6) is 0 Å². The number of hydrogen-bond donors (Lipinski definition) is 0. The van der Waals surface area contributed by atoms with E-state index in [1.807, 2.05) is 5.57 Å². The third kappa shape index (κ3) is 2.51. The summed E-state index contributed by atoms with van der Waals surface area (Å²) in [6.07, 6.45) is 13.2. The summed E-state index contributed by atoms with van der Waals surface area (Å²) in [6.45, 7) is 13.8. The number of fused-ring (bicyclic) bond motifs is 6. The normalized spacial score (nSPS) is 50.5. The molecule has 152 valence electrons. The molecule has 0 amide bonds. The Morgan fingerprint density at radius 2 is 1.59 bits per heavy atom. The van der Waals surface area contributed by atoms with Crippen molar-refractivity contribution in [3.63, 3.8) is 0 Å². The molecule has 4 aliphatic carbocycles. The lowest BCUT2D eigenvalue weighted by Gasteiger charge is -2.60. The Hall–Kier alpha value is -0.340. The van der Waals surface area contributed by atoms with Crippen LogP contribution in [0, 0.1) is 39.9 Å². The highest BCUT2D eigenvalue weighted by Crippen LogP contribution is 2.68. The summed E-state index contributed by atoms with van der Waals surface area (Å²) < 4.78 is 13.2. The van der Waals surface area contributed by atoms with E-state index in [-0.39, 0.29) is 16.6 Å². The predicted octanol–water partition coefficient (Wildman–Crippen LogP) is 6.35. The SMILES string of the molecule is C[C@H]1CC[C@@]2(C)C(=CC[C@@H]3[C@@H]2CC[C@@]2(C)[C@H]3CCC23OCC(C)(C)CO3)C1. The molecule has 0 aromatic heterocycles. The van der Waals surface area contributed by atoms with E-state index < -0.39 is 0 Å². The molecule has 1 spiro atoms. The molecule has 4 fully saturated rings. The van der Waals surface area contributed by atoms with Crippen molar-refractivity contribution in [1.29, 1.82) is 0 Å². The van der Waals surface area contributed by atoms with Crippen LogP contribution in [0.15, 0.2) is 11.6 Å². The van der Waals surface area contributed by atoms with Gasteiger partial charge in [0.25, 0.3) is 0 Å². The highest BCUT2D eigenvalue weighted by molar-refractivity contribution is 5.25. The Balaban J connectivity index is 1.44. The highest BCUT2D eigenvalue weighted by atomic mass is 16.7. The van der Waals surface area contributed by atoms with Crippen LogP contribution in [0.2, 0.25) is 0 Å². The molecule has 27 heavy (non-hydrogen) atoms. The van der Waals surface area contributed by atoms with Crippen LogP contribution in [-0.2, 0) is 9.47 Å². The highest BCUT2D eigenvalue weighted by Gasteiger charge is 2.66. The minimum absolute atomic E-state index is 0.158. The second-order valence-electron chi connectivity index (χ2n) is 12.1. The Bertz CT molecular complexity index is 639. The molecule has 2 heteroatoms. The largest absolute Gasteiger partial charge is 0.349 e. The van der Waals surface area contributed by atoms with Gasteiger partial charge in [0, 0.05) is 17.3 Å². The van der Waals surface area contributed by atoms with Crippen LogP contribution >= 0.6 is 0 Å². The lowest BCUT2D eigenvalue weighted by Crippen LogP contribution is -2.59. The summed E-state index contributed by atoms with van der Waals surface area (Å²) in [7, 11) is 0. The molecule has 0 N–H and O–H groups in total. The van der Waals surface area contributed by atoms with Gasteiger partial charge in [0.1, 0.15) is 0 Å². The van der Waals surface area contributed by atoms with Gasteiger partial charge >= 0.3 is 0 Å². The Morgan fingerprint density at radius 1 is 0.889 bits per heavy atom. The molecule has 0 aromatic rings. The van der Waals surface area contributed by atoms with Crippen molar-refractivity contribution >= 4 is 0 Å². The summed E-state index contributed by atoms with van der Waals surface area (Å²) >= 11 is 0. The van der Waals surface area contributed by atoms with Crippen LogP contribution in [0.1, 0.15) is 86.0 Å². The molecule has 1 heterocycles. The van der Waals surface area contributed by atoms with Gasteiger partial charge in [-0.25, -0.2) is 0 Å². The maximum absolute atomic E-state index is 6.60. The quantitative estimate of drug-likeness (QED) is 0.461. The summed E-state index contributed by atoms with van der Waals surface area (Å²) in [5.41, 5.74) is 2.65. The first-order valence-electron chi connectivity index (χ1n) is 11.7. The van der Waals surface area contributed by atoms with Crippen molar-refractivity contribution < 1.29 is 9.47 Å². The second kappa shape index (κ2) is 5.85. The van der Waals surface area contributed by atoms with E-state index >= 15 is 0 Å². The van der Waals surface area contributed by atoms with Gasteiger partial charge in [0.2, 0.25) is 0 Å². The summed E-state index contributed by atoms with van der Waals surface area (Å²) in [6, 6.07) is 0. The summed E-state index contributed by atoms with van der Waals surface area (Å²) in [5, 5.41) is 0. The molecule has 0 unspecified atom stereocenters. The van der Waals surface area contributed by atoms with Crippen molar-refractivity contribution in [1.82, 2.24) is 0 Å². The van der Waals surface area contributed by atoms with E-state index in [1.54, 1.807) is 0 Å². The van der Waals surface area contributed by atoms with Gasteiger partial charge < -0.3 is 9.47 Å². The molecule has 5 aliphatic rings. The smallest absolute Gasteiger partial charge is 0.173 e. The third-order valence-corrected chi connectivity index (χ3v) is 9.79. The van der Waals surface area contributed by atoms with E-state index in [4.69, 9.17) is 9.47 Å². The first-order valence-corrected chi connectivity index (χ1v) is 11.7. The predicted molar refractivity (Wildman–Crippen MR) is 109 cm³/mol. The number of rotatable bonds is 0. The molecule has 2 nitrogen and oxygen atoms in total. The van der Waals surface area contributed by atoms with Crippen LogP contribution in [-0.4, -0.2) is 19.0 Å². The molecule has 0 aromatic carbocycles. The maximum Gasteiger partial charge on any atom is 0.173 e. The maximum atomic E-state index is 6.60. The standard InChI is InChI=1S/C25H40O2/c1-17-8-11-23(4)18(14-17)6-7-19-20(23)9-12-24(5)21(19)10-13-25(24)26-15-22(2,3)16-27-25/h6,17,19-21H,7-16H2,1-5H3/t17-,19+,20-,21-,23-,24-/m0/s1. The molecule has 5 rings (SSSR count). The fraction of sp³-hybridized carbons (Fsp3) is 0.920. The molecule has 3 saturated carbocycles. The summed E-state index contributed by atoms with van der Waals surface area (Å²) in [4.78, 5) is 0. The fourth-order valence-electron chi connectivity index (χ4n) is 7.98. The van der Waals surface area contributed by atoms with Gasteiger partial charge in [0.05, 0.1) is 13.2 Å². The zero-order chi connectivity index (χ0) is 19.1.